The zero-order valence-corrected chi connectivity index (χ0v) is 26.6. The minimum absolute atomic E-state index is 0.353. The van der Waals surface area contributed by atoms with Crippen LogP contribution in [0.2, 0.25) is 0 Å². The Morgan fingerprint density at radius 2 is 1.77 bits per heavy atom. The molecule has 12 heteroatoms. The van der Waals surface area contributed by atoms with E-state index < -0.39 is 39.9 Å². The highest BCUT2D eigenvalue weighted by atomic mass is 32.2. The summed E-state index contributed by atoms with van der Waals surface area (Å²) in [5.41, 5.74) is 5.88. The Labute approximate surface area is 257 Å². The van der Waals surface area contributed by atoms with Gasteiger partial charge in [0.25, 0.3) is 5.91 Å². The van der Waals surface area contributed by atoms with Gasteiger partial charge in [0.15, 0.2) is 0 Å². The smallest absolute Gasteiger partial charge is 0.311 e. The van der Waals surface area contributed by atoms with Gasteiger partial charge in [0.2, 0.25) is 0 Å². The van der Waals surface area contributed by atoms with Gasteiger partial charge in [-0.2, -0.15) is 12.7 Å². The highest BCUT2D eigenvalue weighted by Gasteiger charge is 2.47. The number of methoxy groups -OCH3 is 1. The SMILES string of the molecule is COc1ccc(C2CCCCC2)c2c1cc1n2CC2=C(C(=O)NS(=O)(=O)N(C)C)C2=C2C=CC[C@@H](NC(=O)C(=O)N(C)C)[C@H]21. The van der Waals surface area contributed by atoms with Crippen molar-refractivity contribution >= 4 is 38.8 Å². The molecule has 2 N–H and O–H groups in total. The lowest BCUT2D eigenvalue weighted by molar-refractivity contribution is -0.144. The Balaban J connectivity index is 1.54. The number of nitrogens with one attached hydrogen (secondary N) is 2. The van der Waals surface area contributed by atoms with Gasteiger partial charge >= 0.3 is 22.0 Å². The van der Waals surface area contributed by atoms with Crippen molar-refractivity contribution in [2.24, 2.45) is 0 Å². The summed E-state index contributed by atoms with van der Waals surface area (Å²) < 4.78 is 36.4. The highest BCUT2D eigenvalue weighted by molar-refractivity contribution is 7.87. The van der Waals surface area contributed by atoms with Crippen molar-refractivity contribution in [1.29, 1.82) is 0 Å². The van der Waals surface area contributed by atoms with Crippen LogP contribution in [0.5, 0.6) is 5.75 Å². The molecule has 6 rings (SSSR count). The summed E-state index contributed by atoms with van der Waals surface area (Å²) >= 11 is 0. The van der Waals surface area contributed by atoms with E-state index in [2.05, 4.69) is 26.7 Å². The number of aromatic nitrogens is 1. The van der Waals surface area contributed by atoms with E-state index in [0.717, 1.165) is 56.2 Å². The zero-order valence-electron chi connectivity index (χ0n) is 25.8. The number of ether oxygens (including phenoxy) is 1. The van der Waals surface area contributed by atoms with E-state index in [1.54, 1.807) is 7.11 Å². The third-order valence-corrected chi connectivity index (χ3v) is 10.7. The van der Waals surface area contributed by atoms with Crippen LogP contribution in [-0.2, 0) is 31.1 Å². The second-order valence-electron chi connectivity index (χ2n) is 12.4. The summed E-state index contributed by atoms with van der Waals surface area (Å²) in [4.78, 5) is 40.3. The van der Waals surface area contributed by atoms with E-state index in [-0.39, 0.29) is 0 Å². The van der Waals surface area contributed by atoms with Crippen LogP contribution in [0.25, 0.3) is 10.9 Å². The first kappa shape index (κ1) is 30.1. The molecule has 1 aromatic carbocycles. The number of carbonyl (C=O) groups is 3. The quantitative estimate of drug-likeness (QED) is 0.478. The molecule has 0 bridgehead atoms. The Morgan fingerprint density at radius 1 is 1.05 bits per heavy atom. The average Bonchev–Trinajstić information content (AvgIpc) is 3.63. The van der Waals surface area contributed by atoms with Gasteiger partial charge in [-0.05, 0) is 59.6 Å². The summed E-state index contributed by atoms with van der Waals surface area (Å²) in [6, 6.07) is 5.82. The van der Waals surface area contributed by atoms with Gasteiger partial charge in [-0.15, -0.1) is 0 Å². The topological polar surface area (TPSA) is 130 Å². The van der Waals surface area contributed by atoms with Crippen molar-refractivity contribution in [2.45, 2.75) is 62.9 Å². The van der Waals surface area contributed by atoms with Crippen LogP contribution in [0.15, 0.2) is 52.6 Å². The molecule has 3 aliphatic carbocycles. The molecule has 0 spiro atoms. The maximum absolute atomic E-state index is 13.4. The minimum atomic E-state index is -4.01. The van der Waals surface area contributed by atoms with Crippen molar-refractivity contribution in [2.75, 3.05) is 35.3 Å². The number of hydrogen-bond donors (Lipinski definition) is 2. The lowest BCUT2D eigenvalue weighted by atomic mass is 9.81. The number of benzene rings is 1. The fraction of sp³-hybridized carbons (Fsp3) is 0.469. The largest absolute Gasteiger partial charge is 0.496 e. The summed E-state index contributed by atoms with van der Waals surface area (Å²) in [7, 11) is 3.44. The van der Waals surface area contributed by atoms with E-state index in [9.17, 15) is 22.8 Å². The Kier molecular flexibility index (Phi) is 7.69. The number of hydrogen-bond acceptors (Lipinski definition) is 6. The Morgan fingerprint density at radius 3 is 2.43 bits per heavy atom. The average molecular weight is 622 g/mol. The van der Waals surface area contributed by atoms with Crippen LogP contribution in [0.3, 0.4) is 0 Å². The maximum Gasteiger partial charge on any atom is 0.311 e. The van der Waals surface area contributed by atoms with Gasteiger partial charge in [0, 0.05) is 57.8 Å². The van der Waals surface area contributed by atoms with Crippen molar-refractivity contribution in [1.82, 2.24) is 23.8 Å². The number of rotatable bonds is 6. The number of amides is 3. The maximum atomic E-state index is 13.4. The van der Waals surface area contributed by atoms with Gasteiger partial charge in [0.1, 0.15) is 5.75 Å². The molecular formula is C32H39N5O6S. The molecule has 0 unspecified atom stereocenters. The van der Waals surface area contributed by atoms with Gasteiger partial charge in [-0.25, -0.2) is 4.72 Å². The summed E-state index contributed by atoms with van der Waals surface area (Å²) in [6.45, 7) is 0.372. The molecule has 2 aromatic rings. The third-order valence-electron chi connectivity index (χ3n) is 9.33. The fourth-order valence-electron chi connectivity index (χ4n) is 7.10. The molecule has 4 aliphatic rings. The van der Waals surface area contributed by atoms with E-state index >= 15 is 0 Å². The number of fused-ring (bicyclic) bond motifs is 6. The van der Waals surface area contributed by atoms with Crippen LogP contribution >= 0.6 is 0 Å². The molecular weight excluding hydrogens is 582 g/mol. The van der Waals surface area contributed by atoms with Gasteiger partial charge in [0.05, 0.1) is 18.2 Å². The third kappa shape index (κ3) is 5.03. The lowest BCUT2D eigenvalue weighted by Crippen LogP contribution is -2.47. The van der Waals surface area contributed by atoms with Crippen molar-refractivity contribution in [3.63, 3.8) is 0 Å². The summed E-state index contributed by atoms with van der Waals surface area (Å²) in [5, 5.41) is 3.93. The molecule has 2 atom stereocenters. The van der Waals surface area contributed by atoms with Crippen molar-refractivity contribution in [3.8, 4) is 5.75 Å². The van der Waals surface area contributed by atoms with Crippen LogP contribution in [0.4, 0.5) is 0 Å². The van der Waals surface area contributed by atoms with Crippen LogP contribution in [0.1, 0.15) is 61.6 Å². The van der Waals surface area contributed by atoms with Crippen LogP contribution in [-0.4, -0.2) is 81.3 Å². The van der Waals surface area contributed by atoms with E-state index in [1.807, 2.05) is 18.2 Å². The summed E-state index contributed by atoms with van der Waals surface area (Å²) in [6.07, 6.45) is 10.1. The number of allylic oxidation sites excluding steroid dienone is 2. The predicted octanol–water partition coefficient (Wildman–Crippen LogP) is 2.86. The van der Waals surface area contributed by atoms with E-state index in [4.69, 9.17) is 4.74 Å². The summed E-state index contributed by atoms with van der Waals surface area (Å²) in [5.74, 6) is -1.30. The second kappa shape index (κ2) is 11.2. The minimum Gasteiger partial charge on any atom is -0.496 e. The molecule has 3 amide bonds. The monoisotopic (exact) mass is 621 g/mol. The Hall–Kier alpha value is -3.90. The van der Waals surface area contributed by atoms with Crippen LogP contribution < -0.4 is 14.8 Å². The van der Waals surface area contributed by atoms with E-state index in [0.29, 0.717) is 24.5 Å². The molecule has 0 radical (unpaired) electrons. The number of likely N-dealkylation sites (N-methyl/N-ethyl adjacent to an activating group) is 1. The molecule has 2 heterocycles. The molecule has 1 aromatic heterocycles. The Bertz CT molecular complexity index is 1770. The van der Waals surface area contributed by atoms with E-state index in [1.165, 1.54) is 57.9 Å². The molecule has 1 saturated carbocycles. The van der Waals surface area contributed by atoms with Gasteiger partial charge in [-0.1, -0.05) is 37.5 Å². The highest BCUT2D eigenvalue weighted by Crippen LogP contribution is 2.54. The van der Waals surface area contributed by atoms with Gasteiger partial charge in [-0.3, -0.25) is 14.4 Å². The van der Waals surface area contributed by atoms with Crippen molar-refractivity contribution < 1.29 is 27.5 Å². The first-order valence-electron chi connectivity index (χ1n) is 15.1. The first-order valence-corrected chi connectivity index (χ1v) is 16.5. The zero-order chi connectivity index (χ0) is 31.5. The number of nitrogens with zero attached hydrogens (tertiary/aromatic N) is 3. The first-order chi connectivity index (χ1) is 20.9. The molecule has 1 aliphatic heterocycles. The van der Waals surface area contributed by atoms with Gasteiger partial charge < -0.3 is 19.5 Å². The lowest BCUT2D eigenvalue weighted by Gasteiger charge is -2.32. The molecule has 44 heavy (non-hydrogen) atoms. The molecule has 0 saturated heterocycles. The van der Waals surface area contributed by atoms with Crippen LogP contribution in [0, 0.1) is 0 Å². The van der Waals surface area contributed by atoms with Crippen molar-refractivity contribution in [3.05, 3.63) is 63.9 Å². The second-order valence-corrected chi connectivity index (χ2v) is 14.3. The molecule has 234 valence electrons. The fourth-order valence-corrected chi connectivity index (χ4v) is 7.62. The predicted molar refractivity (Wildman–Crippen MR) is 166 cm³/mol. The normalized spacial score (nSPS) is 21.4. The molecule has 1 fully saturated rings. The molecule has 11 nitrogen and oxygen atoms in total. The standard InChI is InChI=1S/C32H39N5O6S/c1-35(2)32(40)31(39)33-23-13-9-12-20-26-22(28(26)30(38)34-44(41,42)36(3)4)17-37-24(27(20)23)16-21-25(43-5)15-14-19(29(21)37)18-10-7-6-8-11-18/h9,12,14-16,18,23,27H,6-8,10-11,13,17H2,1-5H3,(H,33,39)(H,34,38)/t23-,27+/m1/s1. The number of carbonyl (C=O) groups excluding carboxylic acids is 3.